The van der Waals surface area contributed by atoms with Crippen molar-refractivity contribution in [3.8, 4) is 11.1 Å². The summed E-state index contributed by atoms with van der Waals surface area (Å²) in [6.07, 6.45) is 2.86. The number of fused-ring (bicyclic) bond motifs is 3. The van der Waals surface area contributed by atoms with Gasteiger partial charge in [0.25, 0.3) is 11.8 Å². The van der Waals surface area contributed by atoms with Crippen molar-refractivity contribution in [2.75, 3.05) is 67.0 Å². The van der Waals surface area contributed by atoms with Crippen LogP contribution in [0.5, 0.6) is 0 Å². The second-order valence-electron chi connectivity index (χ2n) is 12.1. The Morgan fingerprint density at radius 1 is 0.800 bits per heavy atom. The lowest BCUT2D eigenvalue weighted by Gasteiger charge is -2.17. The number of hydroxylamine groups is 2. The molecule has 2 aromatic carbocycles. The maximum Gasteiger partial charge on any atom is 0.533 e. The number of nitrogens with one attached hydrogen (secondary N) is 1. The van der Waals surface area contributed by atoms with Gasteiger partial charge in [0.2, 0.25) is 5.91 Å². The Labute approximate surface area is 292 Å². The predicted molar refractivity (Wildman–Crippen MR) is 181 cm³/mol. The Bertz CT molecular complexity index is 1460. The van der Waals surface area contributed by atoms with E-state index in [4.69, 9.17) is 28.5 Å². The number of carbonyl (C=O) groups is 5. The van der Waals surface area contributed by atoms with Crippen molar-refractivity contribution in [1.82, 2.24) is 10.4 Å². The van der Waals surface area contributed by atoms with E-state index in [-0.39, 0.29) is 31.1 Å². The number of nitrogens with zero attached hydrogens (tertiary/aromatic N) is 1. The molecular formula is C37H48N2O11. The molecule has 1 atom stereocenters. The fourth-order valence-electron chi connectivity index (χ4n) is 6.02. The molecule has 2 aliphatic rings. The van der Waals surface area contributed by atoms with E-state index in [0.717, 1.165) is 40.7 Å². The van der Waals surface area contributed by atoms with Crippen LogP contribution in [0.2, 0.25) is 0 Å². The van der Waals surface area contributed by atoms with E-state index in [1.807, 2.05) is 36.4 Å². The maximum absolute atomic E-state index is 13.5. The molecule has 0 spiro atoms. The zero-order valence-electron chi connectivity index (χ0n) is 29.0. The third kappa shape index (κ3) is 11.2. The smallest absolute Gasteiger partial charge is 0.432 e. The molecule has 0 saturated carbocycles. The zero-order valence-corrected chi connectivity index (χ0v) is 29.0. The van der Waals surface area contributed by atoms with E-state index in [9.17, 15) is 24.0 Å². The maximum atomic E-state index is 13.5. The van der Waals surface area contributed by atoms with Gasteiger partial charge in [-0.25, -0.2) is 4.79 Å². The minimum Gasteiger partial charge on any atom is -0.432 e. The van der Waals surface area contributed by atoms with Gasteiger partial charge in [-0.05, 0) is 59.9 Å². The second kappa shape index (κ2) is 20.5. The third-order valence-electron chi connectivity index (χ3n) is 8.48. The molecule has 1 aliphatic heterocycles. The zero-order chi connectivity index (χ0) is 35.7. The summed E-state index contributed by atoms with van der Waals surface area (Å²) in [6.45, 7) is 3.61. The van der Waals surface area contributed by atoms with E-state index in [2.05, 4.69) is 5.32 Å². The average Bonchev–Trinajstić information content (AvgIpc) is 3.60. The van der Waals surface area contributed by atoms with Crippen LogP contribution in [0.25, 0.3) is 11.1 Å². The number of hydrogen-bond donors (Lipinski definition) is 1. The van der Waals surface area contributed by atoms with Crippen LogP contribution in [0.1, 0.15) is 84.3 Å². The van der Waals surface area contributed by atoms with E-state index in [0.29, 0.717) is 88.9 Å². The van der Waals surface area contributed by atoms with Crippen molar-refractivity contribution in [2.45, 2.75) is 63.7 Å². The van der Waals surface area contributed by atoms with Crippen molar-refractivity contribution >= 4 is 29.7 Å². The van der Waals surface area contributed by atoms with Gasteiger partial charge in [-0.1, -0.05) is 41.5 Å². The Morgan fingerprint density at radius 2 is 1.50 bits per heavy atom. The monoisotopic (exact) mass is 696 g/mol. The first kappa shape index (κ1) is 38.6. The molecule has 0 radical (unpaired) electrons. The Balaban J connectivity index is 1.41. The third-order valence-corrected chi connectivity index (χ3v) is 8.48. The lowest BCUT2D eigenvalue weighted by Crippen LogP contribution is -2.32. The number of imide groups is 1. The minimum atomic E-state index is -1.16. The molecule has 1 saturated heterocycles. The number of ketones is 1. The first-order valence-electron chi connectivity index (χ1n) is 17.2. The summed E-state index contributed by atoms with van der Waals surface area (Å²) in [6, 6.07) is 11.5. The summed E-state index contributed by atoms with van der Waals surface area (Å²) in [4.78, 5) is 67.3. The summed E-state index contributed by atoms with van der Waals surface area (Å²) in [5, 5.41) is 3.32. The molecule has 1 aliphatic carbocycles. The molecule has 13 heteroatoms. The molecule has 1 heterocycles. The van der Waals surface area contributed by atoms with Crippen LogP contribution in [0, 0.1) is 0 Å². The summed E-state index contributed by atoms with van der Waals surface area (Å²) >= 11 is 0. The van der Waals surface area contributed by atoms with Crippen molar-refractivity contribution in [3.05, 3.63) is 58.7 Å². The number of rotatable bonds is 23. The number of ether oxygens (including phenoxy) is 5. The van der Waals surface area contributed by atoms with E-state index in [1.165, 1.54) is 0 Å². The molecule has 1 unspecified atom stereocenters. The highest BCUT2D eigenvalue weighted by molar-refractivity contribution is 6.05. The van der Waals surface area contributed by atoms with Crippen LogP contribution in [0.15, 0.2) is 36.4 Å². The van der Waals surface area contributed by atoms with Gasteiger partial charge >= 0.3 is 6.16 Å². The fraction of sp³-hybridized carbons (Fsp3) is 0.541. The Hall–Kier alpha value is -4.17. The number of hydrogen-bond acceptors (Lipinski definition) is 11. The van der Waals surface area contributed by atoms with Crippen LogP contribution in [-0.2, 0) is 49.3 Å². The largest absolute Gasteiger partial charge is 0.533 e. The van der Waals surface area contributed by atoms with Crippen LogP contribution in [0.4, 0.5) is 4.79 Å². The number of carbonyl (C=O) groups excluding carboxylic acids is 5. The fourth-order valence-corrected chi connectivity index (χ4v) is 6.02. The highest BCUT2D eigenvalue weighted by Gasteiger charge is 2.36. The molecular weight excluding hydrogens is 648 g/mol. The van der Waals surface area contributed by atoms with Gasteiger partial charge in [-0.15, -0.1) is 0 Å². The van der Waals surface area contributed by atoms with Gasteiger partial charge in [-0.3, -0.25) is 24.0 Å². The van der Waals surface area contributed by atoms with Gasteiger partial charge in [0.15, 0.2) is 5.78 Å². The van der Waals surface area contributed by atoms with Gasteiger partial charge in [0.05, 0.1) is 6.61 Å². The summed E-state index contributed by atoms with van der Waals surface area (Å²) < 4.78 is 26.6. The first-order valence-corrected chi connectivity index (χ1v) is 17.2. The molecule has 1 N–H and O–H groups in total. The van der Waals surface area contributed by atoms with Crippen LogP contribution in [0.3, 0.4) is 0 Å². The number of amides is 3. The summed E-state index contributed by atoms with van der Waals surface area (Å²) in [5.41, 5.74) is 4.91. The van der Waals surface area contributed by atoms with Crippen molar-refractivity contribution < 1.29 is 52.5 Å². The number of methoxy groups -OCH3 is 2. The van der Waals surface area contributed by atoms with Gasteiger partial charge in [0.1, 0.15) is 6.61 Å². The lowest BCUT2D eigenvalue weighted by atomic mass is 9.93. The Morgan fingerprint density at radius 3 is 2.22 bits per heavy atom. The van der Waals surface area contributed by atoms with E-state index >= 15 is 0 Å². The van der Waals surface area contributed by atoms with Crippen molar-refractivity contribution in [2.24, 2.45) is 0 Å². The van der Waals surface area contributed by atoms with Crippen LogP contribution < -0.4 is 5.32 Å². The lowest BCUT2D eigenvalue weighted by molar-refractivity contribution is -0.177. The molecule has 1 fully saturated rings. The van der Waals surface area contributed by atoms with Crippen molar-refractivity contribution in [3.63, 3.8) is 0 Å². The van der Waals surface area contributed by atoms with Gasteiger partial charge < -0.3 is 29.0 Å². The van der Waals surface area contributed by atoms with E-state index in [1.54, 1.807) is 14.2 Å². The highest BCUT2D eigenvalue weighted by atomic mass is 16.8. The molecule has 0 bridgehead atoms. The highest BCUT2D eigenvalue weighted by Crippen LogP contribution is 2.47. The summed E-state index contributed by atoms with van der Waals surface area (Å²) in [7, 11) is 3.29. The number of Topliss-reactive ketones (excluding diaryl/α,β-unsaturated/α-hetero) is 1. The molecule has 0 aromatic heterocycles. The molecule has 50 heavy (non-hydrogen) atoms. The molecule has 4 rings (SSSR count). The SMILES string of the molecule is COCCCOCCCC(=O)c1cccc2c1-c1ccc(CCCC(=O)NCCOCCCOC)cc1C2COC(=O)ON1C(=O)CCC1=O. The topological polar surface area (TPSA) is 156 Å². The van der Waals surface area contributed by atoms with Gasteiger partial charge in [-0.2, -0.15) is 0 Å². The first-order chi connectivity index (χ1) is 24.3. The van der Waals surface area contributed by atoms with Crippen LogP contribution in [-0.4, -0.2) is 102 Å². The predicted octanol–water partition coefficient (Wildman–Crippen LogP) is 4.52. The average molecular weight is 697 g/mol. The molecule has 3 amide bonds. The Kier molecular flexibility index (Phi) is 15.8. The number of benzene rings is 2. The molecule has 272 valence electrons. The van der Waals surface area contributed by atoms with Crippen molar-refractivity contribution in [1.29, 1.82) is 0 Å². The number of aryl methyl sites for hydroxylation is 1. The second-order valence-corrected chi connectivity index (χ2v) is 12.1. The summed E-state index contributed by atoms with van der Waals surface area (Å²) in [5.74, 6) is -1.70. The van der Waals surface area contributed by atoms with Crippen LogP contribution >= 0.6 is 0 Å². The molecule has 2 aromatic rings. The quantitative estimate of drug-likeness (QED) is 0.0754. The molecule has 13 nitrogen and oxygen atoms in total. The minimum absolute atomic E-state index is 0.0178. The van der Waals surface area contributed by atoms with E-state index < -0.39 is 23.9 Å². The van der Waals surface area contributed by atoms with Gasteiger partial charge in [0, 0.05) is 91.0 Å². The standard InChI is InChI=1S/C37H48N2O11/c1-45-18-6-21-47-20-5-11-32(40)29-10-4-9-27-31(25-49-37(44)50-39-34(42)15-16-35(39)43)30-24-26(13-14-28(30)36(27)29)8-3-12-33(41)38-17-23-48-22-7-19-46-2/h4,9-10,13-14,24,31H,3,5-8,11-12,15-23,25H2,1-2H3,(H,38,41). The normalized spacial score (nSPS) is 14.8.